The van der Waals surface area contributed by atoms with Crippen LogP contribution in [-0.2, 0) is 11.3 Å². The summed E-state index contributed by atoms with van der Waals surface area (Å²) in [6.45, 7) is 2.67. The van der Waals surface area contributed by atoms with Crippen molar-refractivity contribution in [2.75, 3.05) is 57.9 Å². The Morgan fingerprint density at radius 1 is 1.23 bits per heavy atom. The van der Waals surface area contributed by atoms with Crippen LogP contribution in [0.1, 0.15) is 12.0 Å². The highest BCUT2D eigenvalue weighted by Gasteiger charge is 2.34. The molecule has 0 amide bonds. The van der Waals surface area contributed by atoms with Crippen molar-refractivity contribution in [1.29, 1.82) is 0 Å². The number of nitrogens with one attached hydrogen (secondary N) is 2. The summed E-state index contributed by atoms with van der Waals surface area (Å²) in [7, 11) is 1.60. The molecule has 2 saturated heterocycles. The van der Waals surface area contributed by atoms with Crippen molar-refractivity contribution >= 4 is 35.6 Å². The molecule has 30 heavy (non-hydrogen) atoms. The first-order chi connectivity index (χ1) is 13.8. The smallest absolute Gasteiger partial charge is 0.378 e. The topological polar surface area (TPSA) is 52.1 Å². The Morgan fingerprint density at radius 3 is 2.60 bits per heavy atom. The Balaban J connectivity index is 0.00000320. The maximum atomic E-state index is 14.5. The largest absolute Gasteiger partial charge is 0.401 e. The highest BCUT2D eigenvalue weighted by atomic mass is 127. The van der Waals surface area contributed by atoms with Gasteiger partial charge in [-0.25, -0.2) is 4.39 Å². The molecule has 0 saturated carbocycles. The molecular weight excluding hydrogens is 517 g/mol. The zero-order chi connectivity index (χ0) is 20.9. The van der Waals surface area contributed by atoms with E-state index in [9.17, 15) is 17.6 Å². The highest BCUT2D eigenvalue weighted by Crippen LogP contribution is 2.22. The summed E-state index contributed by atoms with van der Waals surface area (Å²) >= 11 is 0. The quantitative estimate of drug-likeness (QED) is 0.258. The molecule has 3 rings (SSSR count). The van der Waals surface area contributed by atoms with Crippen LogP contribution in [0.4, 0.5) is 23.2 Å². The van der Waals surface area contributed by atoms with E-state index in [1.807, 2.05) is 11.0 Å². The second kappa shape index (κ2) is 11.3. The Morgan fingerprint density at radius 2 is 1.97 bits per heavy atom. The van der Waals surface area contributed by atoms with Gasteiger partial charge in [0.1, 0.15) is 5.82 Å². The van der Waals surface area contributed by atoms with Gasteiger partial charge in [0.2, 0.25) is 0 Å². The van der Waals surface area contributed by atoms with Crippen LogP contribution in [0.3, 0.4) is 0 Å². The molecule has 170 valence electrons. The summed E-state index contributed by atoms with van der Waals surface area (Å²) in [4.78, 5) is 7.46. The first-order valence-electron chi connectivity index (χ1n) is 9.71. The van der Waals surface area contributed by atoms with Crippen LogP contribution < -0.4 is 15.5 Å². The second-order valence-corrected chi connectivity index (χ2v) is 7.29. The van der Waals surface area contributed by atoms with Crippen LogP contribution in [0.5, 0.6) is 0 Å². The van der Waals surface area contributed by atoms with E-state index in [-0.39, 0.29) is 35.8 Å². The molecule has 1 unspecified atom stereocenters. The maximum absolute atomic E-state index is 14.5. The Bertz CT molecular complexity index is 713. The van der Waals surface area contributed by atoms with E-state index in [2.05, 4.69) is 15.6 Å². The second-order valence-electron chi connectivity index (χ2n) is 7.29. The van der Waals surface area contributed by atoms with E-state index in [4.69, 9.17) is 4.74 Å². The first-order valence-corrected chi connectivity index (χ1v) is 9.71. The number of ether oxygens (including phenoxy) is 1. The predicted molar refractivity (Wildman–Crippen MR) is 119 cm³/mol. The standard InChI is InChI=1S/C19H27F4N5O.HI/c1-24-18(26-15-4-5-27(12-15)13-19(21,22)23)25-11-14-2-3-17(16(20)10-14)28-6-8-29-9-7-28;/h2-3,10,15H,4-9,11-13H2,1H3,(H2,24,25,26);1H. The molecule has 1 atom stereocenters. The molecule has 2 aliphatic heterocycles. The van der Waals surface area contributed by atoms with Crippen molar-refractivity contribution < 1.29 is 22.3 Å². The third kappa shape index (κ3) is 7.41. The molecule has 2 N–H and O–H groups in total. The minimum Gasteiger partial charge on any atom is -0.378 e. The third-order valence-electron chi connectivity index (χ3n) is 5.06. The van der Waals surface area contributed by atoms with E-state index >= 15 is 0 Å². The van der Waals surface area contributed by atoms with Crippen LogP contribution in [-0.4, -0.2) is 76.1 Å². The molecule has 0 aliphatic carbocycles. The number of likely N-dealkylation sites (tertiary alicyclic amines) is 1. The molecular formula is C19H28F4IN5O. The summed E-state index contributed by atoms with van der Waals surface area (Å²) < 4.78 is 57.3. The van der Waals surface area contributed by atoms with Gasteiger partial charge in [0.15, 0.2) is 5.96 Å². The van der Waals surface area contributed by atoms with Gasteiger partial charge in [-0.1, -0.05) is 6.07 Å². The van der Waals surface area contributed by atoms with E-state index in [1.165, 1.54) is 11.0 Å². The molecule has 0 aromatic heterocycles. The highest BCUT2D eigenvalue weighted by molar-refractivity contribution is 14.0. The fourth-order valence-electron chi connectivity index (χ4n) is 3.64. The van der Waals surface area contributed by atoms with Crippen LogP contribution in [0.15, 0.2) is 23.2 Å². The number of morpholine rings is 1. The van der Waals surface area contributed by atoms with Crippen molar-refractivity contribution in [3.63, 3.8) is 0 Å². The molecule has 0 spiro atoms. The van der Waals surface area contributed by atoms with E-state index in [0.29, 0.717) is 64.0 Å². The van der Waals surface area contributed by atoms with Crippen molar-refractivity contribution in [2.24, 2.45) is 4.99 Å². The van der Waals surface area contributed by atoms with Gasteiger partial charge in [0.05, 0.1) is 25.4 Å². The maximum Gasteiger partial charge on any atom is 0.401 e. The van der Waals surface area contributed by atoms with Gasteiger partial charge in [0, 0.05) is 45.8 Å². The number of aliphatic imine (C=N–C) groups is 1. The number of alkyl halides is 3. The number of halogens is 5. The van der Waals surface area contributed by atoms with Gasteiger partial charge in [-0.2, -0.15) is 13.2 Å². The van der Waals surface area contributed by atoms with Crippen molar-refractivity contribution in [3.05, 3.63) is 29.6 Å². The Labute approximate surface area is 191 Å². The molecule has 2 fully saturated rings. The van der Waals surface area contributed by atoms with Gasteiger partial charge in [0.25, 0.3) is 0 Å². The number of anilines is 1. The molecule has 2 aliphatic rings. The first kappa shape index (κ1) is 24.9. The average Bonchev–Trinajstić information content (AvgIpc) is 3.10. The van der Waals surface area contributed by atoms with Gasteiger partial charge < -0.3 is 20.3 Å². The number of hydrogen-bond acceptors (Lipinski definition) is 4. The van der Waals surface area contributed by atoms with Crippen molar-refractivity contribution in [2.45, 2.75) is 25.2 Å². The van der Waals surface area contributed by atoms with Crippen LogP contribution >= 0.6 is 24.0 Å². The van der Waals surface area contributed by atoms with E-state index in [0.717, 1.165) is 5.56 Å². The zero-order valence-electron chi connectivity index (χ0n) is 16.8. The zero-order valence-corrected chi connectivity index (χ0v) is 19.2. The van der Waals surface area contributed by atoms with Gasteiger partial charge in [-0.3, -0.25) is 9.89 Å². The molecule has 11 heteroatoms. The van der Waals surface area contributed by atoms with E-state index < -0.39 is 12.7 Å². The van der Waals surface area contributed by atoms with Gasteiger partial charge in [-0.15, -0.1) is 24.0 Å². The number of nitrogens with zero attached hydrogens (tertiary/aromatic N) is 3. The lowest BCUT2D eigenvalue weighted by molar-refractivity contribution is -0.143. The third-order valence-corrected chi connectivity index (χ3v) is 5.06. The summed E-state index contributed by atoms with van der Waals surface area (Å²) in [6, 6.07) is 5.00. The number of guanidine groups is 1. The minimum absolute atomic E-state index is 0. The number of rotatable bonds is 5. The van der Waals surface area contributed by atoms with Gasteiger partial charge in [-0.05, 0) is 24.1 Å². The Kier molecular flexibility index (Phi) is 9.41. The fraction of sp³-hybridized carbons (Fsp3) is 0.632. The normalized spacial score (nSPS) is 20.8. The lowest BCUT2D eigenvalue weighted by atomic mass is 10.1. The SMILES string of the molecule is CN=C(NCc1ccc(N2CCOCC2)c(F)c1)NC1CCN(CC(F)(F)F)C1.I. The monoisotopic (exact) mass is 545 g/mol. The summed E-state index contributed by atoms with van der Waals surface area (Å²) in [5, 5.41) is 6.24. The average molecular weight is 545 g/mol. The Hall–Kier alpha value is -1.34. The van der Waals surface area contributed by atoms with Crippen molar-refractivity contribution in [3.8, 4) is 0 Å². The van der Waals surface area contributed by atoms with Crippen LogP contribution in [0.25, 0.3) is 0 Å². The molecule has 1 aromatic rings. The molecule has 0 radical (unpaired) electrons. The predicted octanol–water partition coefficient (Wildman–Crippen LogP) is 2.58. The van der Waals surface area contributed by atoms with Crippen molar-refractivity contribution in [1.82, 2.24) is 15.5 Å². The minimum atomic E-state index is -4.19. The fourth-order valence-corrected chi connectivity index (χ4v) is 3.64. The molecule has 0 bridgehead atoms. The lowest BCUT2D eigenvalue weighted by Crippen LogP contribution is -2.44. The summed E-state index contributed by atoms with van der Waals surface area (Å²) in [5.41, 5.74) is 1.32. The van der Waals surface area contributed by atoms with Gasteiger partial charge >= 0.3 is 6.18 Å². The number of benzene rings is 1. The number of hydrogen-bond donors (Lipinski definition) is 2. The molecule has 1 aromatic carbocycles. The molecule has 6 nitrogen and oxygen atoms in total. The lowest BCUT2D eigenvalue weighted by Gasteiger charge is -2.29. The van der Waals surface area contributed by atoms with Crippen LogP contribution in [0, 0.1) is 5.82 Å². The summed E-state index contributed by atoms with van der Waals surface area (Å²) in [6.07, 6.45) is -3.58. The summed E-state index contributed by atoms with van der Waals surface area (Å²) in [5.74, 6) is 0.203. The van der Waals surface area contributed by atoms with E-state index in [1.54, 1.807) is 13.1 Å². The molecule has 2 heterocycles. The van der Waals surface area contributed by atoms with Crippen LogP contribution in [0.2, 0.25) is 0 Å².